The Balaban J connectivity index is 1.67. The summed E-state index contributed by atoms with van der Waals surface area (Å²) in [5.74, 6) is 4.32. The number of hydrogen-bond donors (Lipinski definition) is 0. The van der Waals surface area contributed by atoms with Crippen molar-refractivity contribution in [3.63, 3.8) is 0 Å². The number of epoxide rings is 1. The summed E-state index contributed by atoms with van der Waals surface area (Å²) < 4.78 is 5.83. The molecule has 0 N–H and O–H groups in total. The molecule has 72 valence electrons. The lowest BCUT2D eigenvalue weighted by atomic mass is 9.68. The zero-order valence-electron chi connectivity index (χ0n) is 8.33. The predicted octanol–water partition coefficient (Wildman–Crippen LogP) is 2.60. The summed E-state index contributed by atoms with van der Waals surface area (Å²) in [6.07, 6.45) is 8.10. The van der Waals surface area contributed by atoms with E-state index < -0.39 is 0 Å². The lowest BCUT2D eigenvalue weighted by molar-refractivity contribution is 0.153. The Labute approximate surface area is 79.8 Å². The molecule has 1 heteroatoms. The van der Waals surface area contributed by atoms with Crippen molar-refractivity contribution >= 4 is 0 Å². The molecule has 0 unspecified atom stereocenters. The minimum atomic E-state index is 0.339. The van der Waals surface area contributed by atoms with Crippen LogP contribution in [0.1, 0.15) is 39.0 Å². The molecule has 1 nitrogen and oxygen atoms in total. The molecule has 4 rings (SSSR count). The maximum absolute atomic E-state index is 5.83. The minimum Gasteiger partial charge on any atom is -0.366 e. The van der Waals surface area contributed by atoms with Crippen LogP contribution in [0.5, 0.6) is 0 Å². The van der Waals surface area contributed by atoms with Crippen LogP contribution < -0.4 is 0 Å². The molecular formula is C12H18O. The summed E-state index contributed by atoms with van der Waals surface area (Å²) in [7, 11) is 0. The van der Waals surface area contributed by atoms with Crippen molar-refractivity contribution in [3.05, 3.63) is 0 Å². The van der Waals surface area contributed by atoms with Gasteiger partial charge in [-0.05, 0) is 62.7 Å². The molecule has 0 spiro atoms. The Morgan fingerprint density at radius 1 is 1.08 bits per heavy atom. The molecule has 1 saturated heterocycles. The fraction of sp³-hybridized carbons (Fsp3) is 1.00. The highest BCUT2D eigenvalue weighted by Gasteiger charge is 2.63. The maximum atomic E-state index is 5.83. The molecule has 13 heavy (non-hydrogen) atoms. The van der Waals surface area contributed by atoms with Crippen LogP contribution in [0.15, 0.2) is 0 Å². The van der Waals surface area contributed by atoms with Gasteiger partial charge in [-0.3, -0.25) is 0 Å². The second-order valence-electron chi connectivity index (χ2n) is 6.02. The number of ether oxygens (including phenoxy) is 1. The molecule has 0 amide bonds. The largest absolute Gasteiger partial charge is 0.366 e. The first-order chi connectivity index (χ1) is 6.26. The molecular weight excluding hydrogens is 160 g/mol. The van der Waals surface area contributed by atoms with Crippen LogP contribution in [0, 0.1) is 23.7 Å². The number of rotatable bonds is 0. The molecule has 0 aromatic rings. The Morgan fingerprint density at radius 2 is 1.85 bits per heavy atom. The van der Waals surface area contributed by atoms with E-state index in [2.05, 4.69) is 6.92 Å². The Hall–Kier alpha value is -0.0400. The van der Waals surface area contributed by atoms with Crippen molar-refractivity contribution in [1.29, 1.82) is 0 Å². The van der Waals surface area contributed by atoms with E-state index in [0.717, 1.165) is 23.7 Å². The van der Waals surface area contributed by atoms with Crippen LogP contribution >= 0.6 is 0 Å². The van der Waals surface area contributed by atoms with E-state index in [1.807, 2.05) is 0 Å². The van der Waals surface area contributed by atoms with Crippen molar-refractivity contribution < 1.29 is 4.74 Å². The summed E-state index contributed by atoms with van der Waals surface area (Å²) in [4.78, 5) is 0. The zero-order valence-corrected chi connectivity index (χ0v) is 8.33. The van der Waals surface area contributed by atoms with Crippen LogP contribution in [0.3, 0.4) is 0 Å². The first-order valence-corrected chi connectivity index (χ1v) is 5.94. The maximum Gasteiger partial charge on any atom is 0.0923 e. The highest BCUT2D eigenvalue weighted by molar-refractivity contribution is 5.12. The molecule has 1 heterocycles. The van der Waals surface area contributed by atoms with Gasteiger partial charge in [0.15, 0.2) is 0 Å². The fourth-order valence-electron chi connectivity index (χ4n) is 4.70. The van der Waals surface area contributed by atoms with Crippen LogP contribution in [0.4, 0.5) is 0 Å². The lowest BCUT2D eigenvalue weighted by Gasteiger charge is -2.35. The quantitative estimate of drug-likeness (QED) is 0.519. The summed E-state index contributed by atoms with van der Waals surface area (Å²) in [6, 6.07) is 0. The van der Waals surface area contributed by atoms with Gasteiger partial charge in [0.2, 0.25) is 0 Å². The van der Waals surface area contributed by atoms with Gasteiger partial charge in [-0.2, -0.15) is 0 Å². The van der Waals surface area contributed by atoms with Gasteiger partial charge in [-0.15, -0.1) is 0 Å². The van der Waals surface area contributed by atoms with E-state index in [1.54, 1.807) is 6.42 Å². The fourth-order valence-corrected chi connectivity index (χ4v) is 4.70. The topological polar surface area (TPSA) is 12.5 Å². The van der Waals surface area contributed by atoms with E-state index in [-0.39, 0.29) is 0 Å². The zero-order chi connectivity index (χ0) is 8.63. The van der Waals surface area contributed by atoms with Crippen LogP contribution in [-0.2, 0) is 4.74 Å². The molecule has 0 aromatic heterocycles. The SMILES string of the molecule is C[C@]12C[C@@H]3[C@H]4CC[C@@H](C4)[C@H]3C[C@H]1O2. The average molecular weight is 178 g/mol. The van der Waals surface area contributed by atoms with E-state index >= 15 is 0 Å². The molecule has 4 fully saturated rings. The van der Waals surface area contributed by atoms with Gasteiger partial charge in [0.05, 0.1) is 11.7 Å². The highest BCUT2D eigenvalue weighted by atomic mass is 16.6. The Morgan fingerprint density at radius 3 is 2.69 bits per heavy atom. The van der Waals surface area contributed by atoms with Crippen LogP contribution in [0.25, 0.3) is 0 Å². The van der Waals surface area contributed by atoms with Gasteiger partial charge in [-0.1, -0.05) is 0 Å². The second-order valence-corrected chi connectivity index (χ2v) is 6.02. The van der Waals surface area contributed by atoms with Crippen molar-refractivity contribution in [2.45, 2.75) is 50.7 Å². The van der Waals surface area contributed by atoms with Crippen LogP contribution in [-0.4, -0.2) is 11.7 Å². The van der Waals surface area contributed by atoms with Gasteiger partial charge in [0, 0.05) is 0 Å². The van der Waals surface area contributed by atoms with Crippen molar-refractivity contribution in [2.24, 2.45) is 23.7 Å². The molecule has 3 saturated carbocycles. The molecule has 1 aliphatic heterocycles. The van der Waals surface area contributed by atoms with E-state index in [9.17, 15) is 0 Å². The summed E-state index contributed by atoms with van der Waals surface area (Å²) in [6.45, 7) is 2.33. The average Bonchev–Trinajstić information content (AvgIpc) is 2.50. The highest BCUT2D eigenvalue weighted by Crippen LogP contribution is 2.63. The standard InChI is InChI=1S/C12H18O/c1-12-6-10-8-3-2-7(4-8)9(10)5-11(12)13-12/h7-11H,2-6H2,1H3/t7-,8-,9+,10+,11+,12-/m0/s1. The van der Waals surface area contributed by atoms with Gasteiger partial charge >= 0.3 is 0 Å². The van der Waals surface area contributed by atoms with E-state index in [1.165, 1.54) is 25.7 Å². The van der Waals surface area contributed by atoms with Crippen LogP contribution in [0.2, 0.25) is 0 Å². The molecule has 4 aliphatic rings. The normalized spacial score (nSPS) is 67.6. The second kappa shape index (κ2) is 1.98. The first kappa shape index (κ1) is 7.28. The lowest BCUT2D eigenvalue weighted by Crippen LogP contribution is -2.33. The summed E-state index contributed by atoms with van der Waals surface area (Å²) in [5.41, 5.74) is 0.339. The number of hydrogen-bond acceptors (Lipinski definition) is 1. The van der Waals surface area contributed by atoms with E-state index in [4.69, 9.17) is 4.74 Å². The van der Waals surface area contributed by atoms with E-state index in [0.29, 0.717) is 11.7 Å². The van der Waals surface area contributed by atoms with Crippen molar-refractivity contribution in [3.8, 4) is 0 Å². The third-order valence-electron chi connectivity index (χ3n) is 5.44. The first-order valence-electron chi connectivity index (χ1n) is 5.94. The van der Waals surface area contributed by atoms with Crippen molar-refractivity contribution in [1.82, 2.24) is 0 Å². The molecule has 6 atom stereocenters. The summed E-state index contributed by atoms with van der Waals surface area (Å²) in [5, 5.41) is 0. The van der Waals surface area contributed by atoms with Gasteiger partial charge in [0.1, 0.15) is 0 Å². The van der Waals surface area contributed by atoms with Gasteiger partial charge < -0.3 is 4.74 Å². The smallest absolute Gasteiger partial charge is 0.0923 e. The third kappa shape index (κ3) is 0.782. The third-order valence-corrected chi connectivity index (χ3v) is 5.44. The number of fused-ring (bicyclic) bond motifs is 6. The predicted molar refractivity (Wildman–Crippen MR) is 50.3 cm³/mol. The Kier molecular flexibility index (Phi) is 1.11. The monoisotopic (exact) mass is 178 g/mol. The molecule has 2 bridgehead atoms. The van der Waals surface area contributed by atoms with Gasteiger partial charge in [0.25, 0.3) is 0 Å². The van der Waals surface area contributed by atoms with Crippen molar-refractivity contribution in [2.75, 3.05) is 0 Å². The minimum absolute atomic E-state index is 0.339. The Bertz CT molecular complexity index is 262. The summed E-state index contributed by atoms with van der Waals surface area (Å²) >= 11 is 0. The van der Waals surface area contributed by atoms with Gasteiger partial charge in [-0.25, -0.2) is 0 Å². The molecule has 3 aliphatic carbocycles. The molecule has 0 radical (unpaired) electrons. The molecule has 0 aromatic carbocycles.